The molecule has 0 radical (unpaired) electrons. The Morgan fingerprint density at radius 2 is 1.60 bits per heavy atom. The van der Waals surface area contributed by atoms with Crippen LogP contribution in [0, 0.1) is 0 Å². The number of nitrogens with zero attached hydrogens (tertiary/aromatic N) is 1. The zero-order chi connectivity index (χ0) is 24.4. The van der Waals surface area contributed by atoms with Gasteiger partial charge in [0, 0.05) is 30.0 Å². The molecule has 3 aromatic rings. The van der Waals surface area contributed by atoms with Crippen LogP contribution in [0.25, 0.3) is 0 Å². The molecule has 1 N–H and O–H groups in total. The van der Waals surface area contributed by atoms with Crippen molar-refractivity contribution in [3.05, 3.63) is 89.0 Å². The zero-order valence-electron chi connectivity index (χ0n) is 19.3. The maximum atomic E-state index is 13.1. The van der Waals surface area contributed by atoms with Crippen molar-refractivity contribution in [3.63, 3.8) is 0 Å². The Kier molecular flexibility index (Phi) is 6.60. The van der Waals surface area contributed by atoms with Crippen LogP contribution in [0.3, 0.4) is 0 Å². The highest BCUT2D eigenvalue weighted by atomic mass is 19.4. The largest absolute Gasteiger partial charge is 0.508 e. The van der Waals surface area contributed by atoms with Gasteiger partial charge >= 0.3 is 6.18 Å². The van der Waals surface area contributed by atoms with Gasteiger partial charge in [-0.3, -0.25) is 4.90 Å². The van der Waals surface area contributed by atoms with Gasteiger partial charge in [0.05, 0.1) is 12.2 Å². The van der Waals surface area contributed by atoms with Crippen LogP contribution in [-0.4, -0.2) is 42.9 Å². The highest BCUT2D eigenvalue weighted by Gasteiger charge is 2.35. The van der Waals surface area contributed by atoms with Crippen molar-refractivity contribution in [1.82, 2.24) is 4.90 Å². The number of halogens is 3. The predicted octanol–water partition coefficient (Wildman–Crippen LogP) is 6.19. The molecule has 2 atom stereocenters. The maximum Gasteiger partial charge on any atom is 0.416 e. The highest BCUT2D eigenvalue weighted by molar-refractivity contribution is 5.51. The second-order valence-electron chi connectivity index (χ2n) is 9.20. The average molecular weight is 484 g/mol. The predicted molar refractivity (Wildman–Crippen MR) is 127 cm³/mol. The lowest BCUT2D eigenvalue weighted by molar-refractivity contribution is -0.137. The number of benzene rings is 3. The van der Waals surface area contributed by atoms with Crippen LogP contribution in [0.1, 0.15) is 46.9 Å². The first-order valence-corrected chi connectivity index (χ1v) is 12.0. The van der Waals surface area contributed by atoms with Gasteiger partial charge in [0.15, 0.2) is 0 Å². The minimum atomic E-state index is -4.38. The zero-order valence-corrected chi connectivity index (χ0v) is 19.3. The fourth-order valence-corrected chi connectivity index (χ4v) is 5.09. The van der Waals surface area contributed by atoms with Gasteiger partial charge in [-0.2, -0.15) is 13.2 Å². The molecule has 0 spiro atoms. The average Bonchev–Trinajstić information content (AvgIpc) is 3.37. The summed E-state index contributed by atoms with van der Waals surface area (Å²) in [5, 5.41) is 9.93. The first kappa shape index (κ1) is 23.5. The monoisotopic (exact) mass is 483 g/mol. The lowest BCUT2D eigenvalue weighted by Crippen LogP contribution is -2.25. The van der Waals surface area contributed by atoms with Crippen molar-refractivity contribution in [3.8, 4) is 17.2 Å². The Morgan fingerprint density at radius 1 is 0.914 bits per heavy atom. The Balaban J connectivity index is 1.40. The molecule has 2 aliphatic rings. The summed E-state index contributed by atoms with van der Waals surface area (Å²) in [6.07, 6.45) is -1.88. The van der Waals surface area contributed by atoms with Gasteiger partial charge in [0.1, 0.15) is 23.9 Å². The van der Waals surface area contributed by atoms with Gasteiger partial charge in [0.2, 0.25) is 0 Å². The van der Waals surface area contributed by atoms with E-state index in [0.717, 1.165) is 54.2 Å². The van der Waals surface area contributed by atoms with E-state index in [1.165, 1.54) is 25.0 Å². The standard InChI is InChI=1S/C28H28F3NO3/c29-28(30,31)21-7-3-19(4-8-21)25-18-35-26-17-22(33)9-12-24(26)27(25)20-5-10-23(11-6-20)34-16-15-32-13-1-2-14-32/h3-12,17,25,27,33H,1-2,13-16,18H2/t25-,27+/m1/s1. The summed E-state index contributed by atoms with van der Waals surface area (Å²) in [7, 11) is 0. The molecular weight excluding hydrogens is 455 g/mol. The van der Waals surface area contributed by atoms with Crippen LogP contribution < -0.4 is 9.47 Å². The molecule has 35 heavy (non-hydrogen) atoms. The summed E-state index contributed by atoms with van der Waals surface area (Å²) >= 11 is 0. The smallest absolute Gasteiger partial charge is 0.416 e. The third-order valence-electron chi connectivity index (χ3n) is 6.93. The van der Waals surface area contributed by atoms with E-state index in [1.807, 2.05) is 30.3 Å². The summed E-state index contributed by atoms with van der Waals surface area (Å²) in [6.45, 7) is 4.10. The molecule has 1 saturated heterocycles. The Bertz CT molecular complexity index is 1140. The van der Waals surface area contributed by atoms with E-state index in [0.29, 0.717) is 19.0 Å². The maximum absolute atomic E-state index is 13.1. The van der Waals surface area contributed by atoms with E-state index >= 15 is 0 Å². The van der Waals surface area contributed by atoms with Crippen LogP contribution in [0.2, 0.25) is 0 Å². The van der Waals surface area contributed by atoms with E-state index in [9.17, 15) is 18.3 Å². The van der Waals surface area contributed by atoms with Gasteiger partial charge in [0.25, 0.3) is 0 Å². The topological polar surface area (TPSA) is 41.9 Å². The number of fused-ring (bicyclic) bond motifs is 1. The fraction of sp³-hybridized carbons (Fsp3) is 0.357. The summed E-state index contributed by atoms with van der Waals surface area (Å²) in [5.41, 5.74) is 2.00. The SMILES string of the molecule is Oc1ccc2c(c1)OC[C@H](c1ccc(C(F)(F)F)cc1)[C@H]2c1ccc(OCCN2CCCC2)cc1. The van der Waals surface area contributed by atoms with Crippen LogP contribution in [0.15, 0.2) is 66.7 Å². The van der Waals surface area contributed by atoms with E-state index in [4.69, 9.17) is 9.47 Å². The number of hydrogen-bond acceptors (Lipinski definition) is 4. The number of aromatic hydroxyl groups is 1. The summed E-state index contributed by atoms with van der Waals surface area (Å²) in [4.78, 5) is 2.40. The molecule has 2 aliphatic heterocycles. The minimum Gasteiger partial charge on any atom is -0.508 e. The van der Waals surface area contributed by atoms with Gasteiger partial charge in [-0.05, 0) is 67.4 Å². The van der Waals surface area contributed by atoms with Crippen molar-refractivity contribution in [2.24, 2.45) is 0 Å². The first-order chi connectivity index (χ1) is 16.9. The third-order valence-corrected chi connectivity index (χ3v) is 6.93. The molecule has 1 fully saturated rings. The molecule has 5 rings (SSSR count). The number of hydrogen-bond donors (Lipinski definition) is 1. The first-order valence-electron chi connectivity index (χ1n) is 12.0. The van der Waals surface area contributed by atoms with Gasteiger partial charge < -0.3 is 14.6 Å². The highest BCUT2D eigenvalue weighted by Crippen LogP contribution is 2.47. The van der Waals surface area contributed by atoms with E-state index < -0.39 is 11.7 Å². The molecule has 0 saturated carbocycles. The molecule has 0 amide bonds. The van der Waals surface area contributed by atoms with Crippen LogP contribution in [-0.2, 0) is 6.18 Å². The van der Waals surface area contributed by atoms with Crippen molar-refractivity contribution >= 4 is 0 Å². The number of ether oxygens (including phenoxy) is 2. The van der Waals surface area contributed by atoms with Gasteiger partial charge in [-0.15, -0.1) is 0 Å². The second-order valence-corrected chi connectivity index (χ2v) is 9.20. The number of rotatable bonds is 6. The van der Waals surface area contributed by atoms with E-state index in [2.05, 4.69) is 4.90 Å². The van der Waals surface area contributed by atoms with Crippen LogP contribution in [0.5, 0.6) is 17.2 Å². The molecule has 0 bridgehead atoms. The number of phenolic OH excluding ortho intramolecular Hbond substituents is 1. The van der Waals surface area contributed by atoms with Crippen molar-refractivity contribution < 1.29 is 27.8 Å². The normalized spacial score (nSPS) is 20.3. The Morgan fingerprint density at radius 3 is 2.29 bits per heavy atom. The van der Waals surface area contributed by atoms with Gasteiger partial charge in [-0.25, -0.2) is 0 Å². The van der Waals surface area contributed by atoms with E-state index in [1.54, 1.807) is 12.1 Å². The van der Waals surface area contributed by atoms with Crippen molar-refractivity contribution in [2.45, 2.75) is 30.9 Å². The Labute approximate surface area is 202 Å². The molecule has 0 unspecified atom stereocenters. The quantitative estimate of drug-likeness (QED) is 0.454. The summed E-state index contributed by atoms with van der Waals surface area (Å²) in [5.74, 6) is 1.16. The molecule has 0 aliphatic carbocycles. The number of alkyl halides is 3. The molecule has 3 aromatic carbocycles. The van der Waals surface area contributed by atoms with Crippen molar-refractivity contribution in [1.29, 1.82) is 0 Å². The van der Waals surface area contributed by atoms with E-state index in [-0.39, 0.29) is 17.6 Å². The third kappa shape index (κ3) is 5.25. The molecule has 184 valence electrons. The minimum absolute atomic E-state index is 0.109. The molecule has 4 nitrogen and oxygen atoms in total. The summed E-state index contributed by atoms with van der Waals surface area (Å²) in [6, 6.07) is 18.2. The van der Waals surface area contributed by atoms with Crippen LogP contribution in [0.4, 0.5) is 13.2 Å². The lowest BCUT2D eigenvalue weighted by Gasteiger charge is -2.34. The second kappa shape index (κ2) is 9.82. The van der Waals surface area contributed by atoms with Crippen LogP contribution >= 0.6 is 0 Å². The Hall–Kier alpha value is -3.19. The lowest BCUT2D eigenvalue weighted by atomic mass is 9.75. The summed E-state index contributed by atoms with van der Waals surface area (Å²) < 4.78 is 51.1. The fourth-order valence-electron chi connectivity index (χ4n) is 5.09. The molecule has 2 heterocycles. The number of phenols is 1. The van der Waals surface area contributed by atoms with Gasteiger partial charge in [-0.1, -0.05) is 30.3 Å². The molecule has 0 aromatic heterocycles. The van der Waals surface area contributed by atoms with Crippen molar-refractivity contribution in [2.75, 3.05) is 32.8 Å². The number of likely N-dealkylation sites (tertiary alicyclic amines) is 1. The molecule has 7 heteroatoms. The molecular formula is C28H28F3NO3.